The Morgan fingerprint density at radius 1 is 1.30 bits per heavy atom. The molecule has 1 heterocycles. The Balaban J connectivity index is 1.59. The molecule has 1 aliphatic heterocycles. The zero-order valence-electron chi connectivity index (χ0n) is 17.0. The molecular formula is C22H28ClN3O4. The van der Waals surface area contributed by atoms with Crippen LogP contribution < -0.4 is 15.8 Å². The van der Waals surface area contributed by atoms with Crippen molar-refractivity contribution in [3.63, 3.8) is 0 Å². The van der Waals surface area contributed by atoms with Gasteiger partial charge in [-0.2, -0.15) is 0 Å². The Hall–Kier alpha value is -2.48. The first-order valence-corrected chi connectivity index (χ1v) is 10.4. The Morgan fingerprint density at radius 3 is 2.73 bits per heavy atom. The molecule has 0 unspecified atom stereocenters. The predicted octanol–water partition coefficient (Wildman–Crippen LogP) is 2.70. The molecule has 2 aromatic carbocycles. The molecule has 2 aromatic rings. The zero-order valence-corrected chi connectivity index (χ0v) is 17.8. The topological polar surface area (TPSA) is 108 Å². The highest BCUT2D eigenvalue weighted by Crippen LogP contribution is 2.29. The number of likely N-dealkylation sites (tertiary alicyclic amines) is 1. The van der Waals surface area contributed by atoms with Gasteiger partial charge < -0.3 is 26.0 Å². The summed E-state index contributed by atoms with van der Waals surface area (Å²) in [6.45, 7) is 4.21. The first-order chi connectivity index (χ1) is 14.4. The Morgan fingerprint density at radius 2 is 2.03 bits per heavy atom. The van der Waals surface area contributed by atoms with Crippen molar-refractivity contribution in [2.75, 3.05) is 32.0 Å². The summed E-state index contributed by atoms with van der Waals surface area (Å²) in [7, 11) is 0. The number of hydrogen-bond donors (Lipinski definition) is 4. The number of benzene rings is 2. The fourth-order valence-corrected chi connectivity index (χ4v) is 3.77. The molecule has 1 fully saturated rings. The lowest BCUT2D eigenvalue weighted by Crippen LogP contribution is -2.44. The molecule has 0 saturated carbocycles. The van der Waals surface area contributed by atoms with Crippen LogP contribution in [0.2, 0.25) is 5.02 Å². The summed E-state index contributed by atoms with van der Waals surface area (Å²) in [6, 6.07) is 8.65. The lowest BCUT2D eigenvalue weighted by Gasteiger charge is -2.32. The summed E-state index contributed by atoms with van der Waals surface area (Å²) in [4.78, 5) is 15.1. The standard InChI is InChI=1S/C22H28ClN3O4/c1-14-2-3-20(28)15(10-14)13-26-6-4-16(5-7-26)25-22(29)17-11-18(23)19(24)12-21(17)30-9-8-27/h2-3,10-12,16,27-28H,4-9,13,24H2,1H3,(H,25,29). The number of phenols is 1. The number of nitrogens with two attached hydrogens (primary N) is 1. The number of piperidine rings is 1. The number of nitrogens with zero attached hydrogens (tertiary/aromatic N) is 1. The van der Waals surface area contributed by atoms with E-state index in [1.807, 2.05) is 19.1 Å². The van der Waals surface area contributed by atoms with E-state index in [1.165, 1.54) is 12.1 Å². The number of halogens is 1. The number of hydrogen-bond acceptors (Lipinski definition) is 6. The molecule has 0 spiro atoms. The SMILES string of the molecule is Cc1ccc(O)c(CN2CCC(NC(=O)c3cc(Cl)c(N)cc3OCCO)CC2)c1. The first kappa shape index (κ1) is 22.2. The van der Waals surface area contributed by atoms with Crippen molar-refractivity contribution < 1.29 is 19.7 Å². The van der Waals surface area contributed by atoms with Gasteiger partial charge in [-0.1, -0.05) is 29.3 Å². The summed E-state index contributed by atoms with van der Waals surface area (Å²) in [5.74, 6) is 0.335. The number of aryl methyl sites for hydroxylation is 1. The van der Waals surface area contributed by atoms with Crippen molar-refractivity contribution in [2.24, 2.45) is 0 Å². The fourth-order valence-electron chi connectivity index (χ4n) is 3.60. The number of carbonyl (C=O) groups excluding carboxylic acids is 1. The third-order valence-corrected chi connectivity index (χ3v) is 5.57. The minimum absolute atomic E-state index is 0.0295. The molecule has 30 heavy (non-hydrogen) atoms. The van der Waals surface area contributed by atoms with Crippen LogP contribution in [0.15, 0.2) is 30.3 Å². The number of aromatic hydroxyl groups is 1. The van der Waals surface area contributed by atoms with Crippen molar-refractivity contribution in [3.8, 4) is 11.5 Å². The van der Waals surface area contributed by atoms with Gasteiger partial charge in [0.15, 0.2) is 0 Å². The lowest BCUT2D eigenvalue weighted by atomic mass is 10.0. The van der Waals surface area contributed by atoms with Crippen LogP contribution in [0.5, 0.6) is 11.5 Å². The number of nitrogens with one attached hydrogen (secondary N) is 1. The van der Waals surface area contributed by atoms with Gasteiger partial charge in [0.1, 0.15) is 18.1 Å². The molecule has 8 heteroatoms. The van der Waals surface area contributed by atoms with E-state index in [1.54, 1.807) is 6.07 Å². The summed E-state index contributed by atoms with van der Waals surface area (Å²) < 4.78 is 5.46. The van der Waals surface area contributed by atoms with Gasteiger partial charge in [-0.15, -0.1) is 0 Å². The average molecular weight is 434 g/mol. The summed E-state index contributed by atoms with van der Waals surface area (Å²) >= 11 is 6.09. The summed E-state index contributed by atoms with van der Waals surface area (Å²) in [6.07, 6.45) is 1.60. The second-order valence-electron chi connectivity index (χ2n) is 7.60. The summed E-state index contributed by atoms with van der Waals surface area (Å²) in [5, 5.41) is 22.4. The molecule has 0 aliphatic carbocycles. The Kier molecular flexibility index (Phi) is 7.42. The molecule has 0 radical (unpaired) electrons. The first-order valence-electron chi connectivity index (χ1n) is 10.0. The van der Waals surface area contributed by atoms with Crippen LogP contribution in [0.4, 0.5) is 5.69 Å². The van der Waals surface area contributed by atoms with Gasteiger partial charge in [-0.3, -0.25) is 9.69 Å². The number of rotatable bonds is 7. The molecule has 0 aromatic heterocycles. The molecule has 0 bridgehead atoms. The highest BCUT2D eigenvalue weighted by molar-refractivity contribution is 6.33. The van der Waals surface area contributed by atoms with Gasteiger partial charge in [0.2, 0.25) is 0 Å². The van der Waals surface area contributed by atoms with Crippen molar-refractivity contribution in [2.45, 2.75) is 32.4 Å². The minimum Gasteiger partial charge on any atom is -0.508 e. The van der Waals surface area contributed by atoms with E-state index in [0.717, 1.165) is 37.1 Å². The summed E-state index contributed by atoms with van der Waals surface area (Å²) in [5.41, 5.74) is 8.46. The van der Waals surface area contributed by atoms with Gasteiger partial charge >= 0.3 is 0 Å². The highest BCUT2D eigenvalue weighted by atomic mass is 35.5. The fraction of sp³-hybridized carbons (Fsp3) is 0.409. The van der Waals surface area contributed by atoms with Gasteiger partial charge in [0.25, 0.3) is 5.91 Å². The number of aliphatic hydroxyl groups is 1. The minimum atomic E-state index is -0.278. The molecule has 7 nitrogen and oxygen atoms in total. The van der Waals surface area contributed by atoms with E-state index in [2.05, 4.69) is 10.2 Å². The maximum absolute atomic E-state index is 12.8. The van der Waals surface area contributed by atoms with Crippen LogP contribution in [0, 0.1) is 6.92 Å². The van der Waals surface area contributed by atoms with Crippen molar-refractivity contribution in [1.29, 1.82) is 0 Å². The van der Waals surface area contributed by atoms with Gasteiger partial charge in [-0.05, 0) is 31.9 Å². The molecule has 1 amide bonds. The largest absolute Gasteiger partial charge is 0.508 e. The Bertz CT molecular complexity index is 898. The molecule has 1 aliphatic rings. The van der Waals surface area contributed by atoms with Crippen LogP contribution >= 0.6 is 11.6 Å². The number of nitrogen functional groups attached to an aromatic ring is 1. The third kappa shape index (κ3) is 5.56. The quantitative estimate of drug-likeness (QED) is 0.500. The van der Waals surface area contributed by atoms with Crippen LogP contribution in [0.3, 0.4) is 0 Å². The second-order valence-corrected chi connectivity index (χ2v) is 8.01. The van der Waals surface area contributed by atoms with Gasteiger partial charge in [-0.25, -0.2) is 0 Å². The highest BCUT2D eigenvalue weighted by Gasteiger charge is 2.24. The smallest absolute Gasteiger partial charge is 0.255 e. The zero-order chi connectivity index (χ0) is 21.7. The number of aliphatic hydroxyl groups excluding tert-OH is 1. The third-order valence-electron chi connectivity index (χ3n) is 5.24. The maximum atomic E-state index is 12.8. The molecule has 162 valence electrons. The Labute approximate surface area is 181 Å². The number of phenolic OH excluding ortho intramolecular Hbond substituents is 1. The van der Waals surface area contributed by atoms with E-state index in [-0.39, 0.29) is 30.2 Å². The van der Waals surface area contributed by atoms with Crippen LogP contribution in [-0.2, 0) is 6.54 Å². The van der Waals surface area contributed by atoms with E-state index in [0.29, 0.717) is 29.3 Å². The normalized spacial score (nSPS) is 15.2. The molecule has 5 N–H and O–H groups in total. The van der Waals surface area contributed by atoms with E-state index < -0.39 is 0 Å². The van der Waals surface area contributed by atoms with Gasteiger partial charge in [0, 0.05) is 37.3 Å². The van der Waals surface area contributed by atoms with Crippen molar-refractivity contribution in [1.82, 2.24) is 10.2 Å². The number of anilines is 1. The predicted molar refractivity (Wildman–Crippen MR) is 117 cm³/mol. The van der Waals surface area contributed by atoms with E-state index >= 15 is 0 Å². The average Bonchev–Trinajstić information content (AvgIpc) is 2.72. The number of amides is 1. The molecule has 1 saturated heterocycles. The monoisotopic (exact) mass is 433 g/mol. The van der Waals surface area contributed by atoms with Crippen LogP contribution in [-0.4, -0.2) is 53.4 Å². The number of ether oxygens (including phenoxy) is 1. The van der Waals surface area contributed by atoms with Crippen molar-refractivity contribution >= 4 is 23.2 Å². The number of carbonyl (C=O) groups is 1. The lowest BCUT2D eigenvalue weighted by molar-refractivity contribution is 0.0903. The van der Waals surface area contributed by atoms with Crippen molar-refractivity contribution in [3.05, 3.63) is 52.0 Å². The molecule has 3 rings (SSSR count). The van der Waals surface area contributed by atoms with Crippen LogP contribution in [0.1, 0.15) is 34.3 Å². The second kappa shape index (κ2) is 10.0. The maximum Gasteiger partial charge on any atom is 0.255 e. The van der Waals surface area contributed by atoms with Crippen LogP contribution in [0.25, 0.3) is 0 Å². The van der Waals surface area contributed by atoms with Gasteiger partial charge in [0.05, 0.1) is 22.9 Å². The molecule has 0 atom stereocenters. The molecular weight excluding hydrogens is 406 g/mol. The van der Waals surface area contributed by atoms with E-state index in [9.17, 15) is 9.90 Å². The van der Waals surface area contributed by atoms with E-state index in [4.69, 9.17) is 27.2 Å².